The molecule has 1 N–H and O–H groups in total. The fraction of sp³-hybridized carbons (Fsp3) is 0.176. The number of hydrogen-bond acceptors (Lipinski definition) is 4. The van der Waals surface area contributed by atoms with Gasteiger partial charge in [0.05, 0.1) is 33.9 Å². The predicted octanol–water partition coefficient (Wildman–Crippen LogP) is 4.14. The van der Waals surface area contributed by atoms with Crippen LogP contribution in [0.3, 0.4) is 0 Å². The van der Waals surface area contributed by atoms with Gasteiger partial charge in [0.15, 0.2) is 5.65 Å². The third-order valence-corrected chi connectivity index (χ3v) is 4.29. The van der Waals surface area contributed by atoms with Crippen molar-refractivity contribution in [3.8, 4) is 0 Å². The van der Waals surface area contributed by atoms with E-state index in [4.69, 9.17) is 11.6 Å². The van der Waals surface area contributed by atoms with Crippen LogP contribution in [-0.2, 0) is 18.0 Å². The number of aryl methyl sites for hydroxylation is 2. The number of carbonyl (C=O) groups excluding carboxylic acids is 2. The first-order valence-electron chi connectivity index (χ1n) is 7.83. The third kappa shape index (κ3) is 3.63. The molecular formula is C17H13ClF3N5O2. The Balaban J connectivity index is 1.93. The van der Waals surface area contributed by atoms with Crippen molar-refractivity contribution in [1.82, 2.24) is 14.8 Å². The average molecular weight is 412 g/mol. The molecule has 0 fully saturated rings. The second kappa shape index (κ2) is 7.12. The van der Waals surface area contributed by atoms with Crippen LogP contribution in [-0.4, -0.2) is 27.2 Å². The van der Waals surface area contributed by atoms with Crippen LogP contribution in [0.5, 0.6) is 0 Å². The summed E-state index contributed by atoms with van der Waals surface area (Å²) in [6.07, 6.45) is -3.23. The molecular weight excluding hydrogens is 399 g/mol. The summed E-state index contributed by atoms with van der Waals surface area (Å²) in [6.45, 7) is 1.76. The molecule has 2 aromatic heterocycles. The quantitative estimate of drug-likeness (QED) is 0.657. The molecule has 0 radical (unpaired) electrons. The number of imide groups is 1. The van der Waals surface area contributed by atoms with Crippen LogP contribution in [0.4, 0.5) is 29.3 Å². The zero-order valence-corrected chi connectivity index (χ0v) is 15.3. The van der Waals surface area contributed by atoms with Crippen molar-refractivity contribution in [2.45, 2.75) is 13.1 Å². The standard InChI is InChI=1S/C17H13ClF3N5O2/c1-9-12-6-11(7-22-15(12)25(2)24-9)23-16(28)26(8-27)14-5-10(17(19,20)21)3-4-13(14)18/h3-8H,1-2H3,(H,23,28). The smallest absolute Gasteiger partial charge is 0.306 e. The summed E-state index contributed by atoms with van der Waals surface area (Å²) in [6, 6.07) is 2.97. The highest BCUT2D eigenvalue weighted by atomic mass is 35.5. The second-order valence-corrected chi connectivity index (χ2v) is 6.28. The molecule has 0 saturated carbocycles. The highest BCUT2D eigenvalue weighted by Gasteiger charge is 2.32. The van der Waals surface area contributed by atoms with Gasteiger partial charge in [-0.3, -0.25) is 9.48 Å². The number of anilines is 2. The molecule has 0 bridgehead atoms. The fourth-order valence-electron chi connectivity index (χ4n) is 2.65. The van der Waals surface area contributed by atoms with Crippen LogP contribution in [0.15, 0.2) is 30.5 Å². The number of urea groups is 1. The number of nitrogens with zero attached hydrogens (tertiary/aromatic N) is 4. The van der Waals surface area contributed by atoms with Crippen LogP contribution >= 0.6 is 11.6 Å². The molecule has 28 heavy (non-hydrogen) atoms. The van der Waals surface area contributed by atoms with Crippen molar-refractivity contribution < 1.29 is 22.8 Å². The minimum absolute atomic E-state index is 0.0813. The number of amides is 3. The Hall–Kier alpha value is -3.14. The molecule has 3 amide bonds. The summed E-state index contributed by atoms with van der Waals surface area (Å²) in [4.78, 5) is 28.5. The number of rotatable bonds is 3. The number of benzene rings is 1. The number of nitrogens with one attached hydrogen (secondary N) is 1. The van der Waals surface area contributed by atoms with Gasteiger partial charge in [0, 0.05) is 12.4 Å². The van der Waals surface area contributed by atoms with Crippen LogP contribution in [0, 0.1) is 6.92 Å². The molecule has 0 aliphatic rings. The number of hydrogen-bond donors (Lipinski definition) is 1. The van der Waals surface area contributed by atoms with Crippen LogP contribution < -0.4 is 10.2 Å². The van der Waals surface area contributed by atoms with Gasteiger partial charge in [-0.1, -0.05) is 11.6 Å². The van der Waals surface area contributed by atoms with Crippen molar-refractivity contribution >= 4 is 46.5 Å². The highest BCUT2D eigenvalue weighted by Crippen LogP contribution is 2.35. The maximum atomic E-state index is 12.9. The Bertz CT molecular complexity index is 1080. The number of halogens is 4. The van der Waals surface area contributed by atoms with Gasteiger partial charge >= 0.3 is 12.2 Å². The maximum Gasteiger partial charge on any atom is 0.416 e. The Morgan fingerprint density at radius 2 is 2.04 bits per heavy atom. The molecule has 1 aromatic carbocycles. The Kier molecular flexibility index (Phi) is 4.99. The van der Waals surface area contributed by atoms with Crippen LogP contribution in [0.2, 0.25) is 5.02 Å². The van der Waals surface area contributed by atoms with E-state index in [1.165, 1.54) is 6.20 Å². The highest BCUT2D eigenvalue weighted by molar-refractivity contribution is 6.34. The van der Waals surface area contributed by atoms with E-state index in [0.717, 1.165) is 12.1 Å². The van der Waals surface area contributed by atoms with Crippen LogP contribution in [0.1, 0.15) is 11.3 Å². The van der Waals surface area contributed by atoms with E-state index in [1.54, 1.807) is 24.7 Å². The van der Waals surface area contributed by atoms with Crippen LogP contribution in [0.25, 0.3) is 11.0 Å². The van der Waals surface area contributed by atoms with Gasteiger partial charge in [-0.2, -0.15) is 18.3 Å². The number of pyridine rings is 1. The lowest BCUT2D eigenvalue weighted by atomic mass is 10.2. The first-order chi connectivity index (χ1) is 13.1. The van der Waals surface area contributed by atoms with Crippen molar-refractivity contribution in [3.05, 3.63) is 46.7 Å². The SMILES string of the molecule is Cc1nn(C)c2ncc(NC(=O)N(C=O)c3cc(C(F)(F)F)ccc3Cl)cc12. The number of aromatic nitrogens is 3. The molecule has 0 aliphatic carbocycles. The molecule has 3 rings (SSSR count). The van der Waals surface area contributed by atoms with E-state index in [1.807, 2.05) is 0 Å². The number of fused-ring (bicyclic) bond motifs is 1. The molecule has 0 saturated heterocycles. The van der Waals surface area contributed by atoms with Crippen molar-refractivity contribution in [2.24, 2.45) is 7.05 Å². The van der Waals surface area contributed by atoms with E-state index in [0.29, 0.717) is 27.7 Å². The zero-order chi connectivity index (χ0) is 20.6. The summed E-state index contributed by atoms with van der Waals surface area (Å²) in [5, 5.41) is 7.11. The molecule has 7 nitrogen and oxygen atoms in total. The molecule has 0 aliphatic heterocycles. The molecule has 2 heterocycles. The maximum absolute atomic E-state index is 12.9. The van der Waals surface area contributed by atoms with Crippen molar-refractivity contribution in [1.29, 1.82) is 0 Å². The molecule has 0 atom stereocenters. The van der Waals surface area contributed by atoms with Gasteiger partial charge in [0.1, 0.15) is 0 Å². The minimum atomic E-state index is -4.66. The second-order valence-electron chi connectivity index (χ2n) is 5.87. The van der Waals surface area contributed by atoms with E-state index in [9.17, 15) is 22.8 Å². The fourth-order valence-corrected chi connectivity index (χ4v) is 2.86. The summed E-state index contributed by atoms with van der Waals surface area (Å²) < 4.78 is 40.4. The minimum Gasteiger partial charge on any atom is -0.306 e. The van der Waals surface area contributed by atoms with Gasteiger partial charge in [0.25, 0.3) is 0 Å². The largest absolute Gasteiger partial charge is 0.416 e. The van der Waals surface area contributed by atoms with Gasteiger partial charge in [-0.25, -0.2) is 14.7 Å². The van der Waals surface area contributed by atoms with Crippen molar-refractivity contribution in [3.63, 3.8) is 0 Å². The van der Waals surface area contributed by atoms with E-state index in [2.05, 4.69) is 15.4 Å². The molecule has 0 unspecified atom stereocenters. The lowest BCUT2D eigenvalue weighted by Crippen LogP contribution is -2.34. The number of carbonyl (C=O) groups is 2. The summed E-state index contributed by atoms with van der Waals surface area (Å²) in [5.41, 5.74) is 0.0673. The topological polar surface area (TPSA) is 80.1 Å². The first-order valence-corrected chi connectivity index (χ1v) is 8.21. The predicted molar refractivity (Wildman–Crippen MR) is 97.3 cm³/mol. The Morgan fingerprint density at radius 3 is 2.68 bits per heavy atom. The van der Waals surface area contributed by atoms with Gasteiger partial charge in [0.2, 0.25) is 6.41 Å². The molecule has 0 spiro atoms. The Labute approximate surface area is 161 Å². The summed E-state index contributed by atoms with van der Waals surface area (Å²) >= 11 is 5.90. The lowest BCUT2D eigenvalue weighted by Gasteiger charge is -2.19. The first kappa shape index (κ1) is 19.6. The van der Waals surface area contributed by atoms with Gasteiger partial charge < -0.3 is 5.32 Å². The molecule has 146 valence electrons. The zero-order valence-electron chi connectivity index (χ0n) is 14.6. The number of alkyl halides is 3. The Morgan fingerprint density at radius 1 is 1.32 bits per heavy atom. The van der Waals surface area contributed by atoms with Gasteiger partial charge in [-0.05, 0) is 31.2 Å². The molecule has 3 aromatic rings. The van der Waals surface area contributed by atoms with Gasteiger partial charge in [-0.15, -0.1) is 0 Å². The molecule has 11 heteroatoms. The van der Waals surface area contributed by atoms with Crippen molar-refractivity contribution in [2.75, 3.05) is 10.2 Å². The summed E-state index contributed by atoms with van der Waals surface area (Å²) in [7, 11) is 1.71. The van der Waals surface area contributed by atoms with E-state index < -0.39 is 23.5 Å². The average Bonchev–Trinajstić information content (AvgIpc) is 2.90. The van der Waals surface area contributed by atoms with E-state index >= 15 is 0 Å². The third-order valence-electron chi connectivity index (χ3n) is 3.97. The lowest BCUT2D eigenvalue weighted by molar-refractivity contribution is -0.137. The summed E-state index contributed by atoms with van der Waals surface area (Å²) in [5.74, 6) is 0. The van der Waals surface area contributed by atoms with E-state index in [-0.39, 0.29) is 17.1 Å². The normalized spacial score (nSPS) is 11.5. The monoisotopic (exact) mass is 411 g/mol.